The number of ether oxygens (including phenoxy) is 1. The van der Waals surface area contributed by atoms with Crippen molar-refractivity contribution in [3.05, 3.63) is 59.3 Å². The molecule has 2 aliphatic rings. The van der Waals surface area contributed by atoms with Crippen LogP contribution in [0.4, 0.5) is 4.79 Å². The Bertz CT molecular complexity index is 679. The van der Waals surface area contributed by atoms with E-state index < -0.39 is 0 Å². The molecule has 1 heterocycles. The fourth-order valence-electron chi connectivity index (χ4n) is 3.27. The van der Waals surface area contributed by atoms with Crippen molar-refractivity contribution in [2.24, 2.45) is 5.92 Å². The minimum Gasteiger partial charge on any atom is -0.457 e. The number of amides is 2. The van der Waals surface area contributed by atoms with Crippen LogP contribution < -0.4 is 10.6 Å². The number of nitrogens with one attached hydrogen (secondary N) is 2. The van der Waals surface area contributed by atoms with Gasteiger partial charge in [-0.1, -0.05) is 42.5 Å². The number of esters is 1. The monoisotopic (exact) mass is 326 g/mol. The highest BCUT2D eigenvalue weighted by atomic mass is 16.5. The van der Waals surface area contributed by atoms with Crippen LogP contribution in [0, 0.1) is 5.92 Å². The molecule has 126 valence electrons. The van der Waals surface area contributed by atoms with Crippen LogP contribution in [0.5, 0.6) is 0 Å². The molecule has 0 bridgehead atoms. The van der Waals surface area contributed by atoms with E-state index in [1.165, 1.54) is 0 Å². The van der Waals surface area contributed by atoms with Crippen LogP contribution in [0.3, 0.4) is 0 Å². The highest BCUT2D eigenvalue weighted by Gasteiger charge is 2.36. The molecule has 2 amide bonds. The van der Waals surface area contributed by atoms with Gasteiger partial charge in [-0.25, -0.2) is 9.59 Å². The summed E-state index contributed by atoms with van der Waals surface area (Å²) in [7, 11) is 0. The van der Waals surface area contributed by atoms with E-state index in [2.05, 4.69) is 22.8 Å². The van der Waals surface area contributed by atoms with Crippen LogP contribution in [0.2, 0.25) is 0 Å². The van der Waals surface area contributed by atoms with Crippen molar-refractivity contribution < 1.29 is 14.3 Å². The fraction of sp³-hybridized carbons (Fsp3) is 0.368. The van der Waals surface area contributed by atoms with E-state index in [1.807, 2.05) is 30.3 Å². The molecule has 1 aromatic carbocycles. The SMILES string of the molecule is CC1=C(C(=O)OCc2ccccc2)[C@@H]([C@H]2CC=CCC2)NC(=O)N1. The Labute approximate surface area is 141 Å². The van der Waals surface area contributed by atoms with Gasteiger partial charge in [0, 0.05) is 5.70 Å². The minimum atomic E-state index is -0.372. The average Bonchev–Trinajstić information content (AvgIpc) is 2.60. The molecule has 0 spiro atoms. The molecule has 1 aliphatic carbocycles. The van der Waals surface area contributed by atoms with Gasteiger partial charge < -0.3 is 15.4 Å². The summed E-state index contributed by atoms with van der Waals surface area (Å²) in [6.45, 7) is 1.98. The van der Waals surface area contributed by atoms with E-state index in [1.54, 1.807) is 6.92 Å². The Morgan fingerprint density at radius 1 is 1.25 bits per heavy atom. The lowest BCUT2D eigenvalue weighted by atomic mass is 9.82. The van der Waals surface area contributed by atoms with Gasteiger partial charge in [0.25, 0.3) is 0 Å². The summed E-state index contributed by atoms with van der Waals surface area (Å²) in [5.74, 6) is -0.154. The second kappa shape index (κ2) is 7.34. The molecule has 1 aromatic rings. The lowest BCUT2D eigenvalue weighted by Crippen LogP contribution is -2.53. The fourth-order valence-corrected chi connectivity index (χ4v) is 3.27. The molecule has 0 fully saturated rings. The van der Waals surface area contributed by atoms with Gasteiger partial charge >= 0.3 is 12.0 Å². The summed E-state index contributed by atoms with van der Waals surface area (Å²) >= 11 is 0. The van der Waals surface area contributed by atoms with E-state index in [9.17, 15) is 9.59 Å². The second-order valence-corrected chi connectivity index (χ2v) is 6.22. The van der Waals surface area contributed by atoms with Crippen molar-refractivity contribution in [1.29, 1.82) is 0 Å². The molecule has 0 saturated heterocycles. The molecule has 0 aromatic heterocycles. The first-order chi connectivity index (χ1) is 11.6. The average molecular weight is 326 g/mol. The standard InChI is InChI=1S/C19H22N2O3/c1-13-16(18(22)24-12-14-8-4-2-5-9-14)17(21-19(23)20-13)15-10-6-3-7-11-15/h2-6,8-9,15,17H,7,10-12H2,1H3,(H2,20,21,23)/t15-,17+/m0/s1. The third-order valence-electron chi connectivity index (χ3n) is 4.52. The summed E-state index contributed by atoms with van der Waals surface area (Å²) in [5.41, 5.74) is 2.05. The van der Waals surface area contributed by atoms with Gasteiger partial charge in [0.1, 0.15) is 6.61 Å². The maximum absolute atomic E-state index is 12.7. The number of carbonyl (C=O) groups is 2. The molecular formula is C19H22N2O3. The second-order valence-electron chi connectivity index (χ2n) is 6.22. The first-order valence-electron chi connectivity index (χ1n) is 8.29. The van der Waals surface area contributed by atoms with Crippen molar-refractivity contribution in [3.8, 4) is 0 Å². The summed E-state index contributed by atoms with van der Waals surface area (Å²) in [6, 6.07) is 9.02. The quantitative estimate of drug-likeness (QED) is 0.660. The predicted molar refractivity (Wildman–Crippen MR) is 90.9 cm³/mol. The lowest BCUT2D eigenvalue weighted by molar-refractivity contribution is -0.141. The first-order valence-corrected chi connectivity index (χ1v) is 8.29. The number of urea groups is 1. The van der Waals surface area contributed by atoms with Crippen molar-refractivity contribution >= 4 is 12.0 Å². The summed E-state index contributed by atoms with van der Waals surface area (Å²) < 4.78 is 5.49. The summed E-state index contributed by atoms with van der Waals surface area (Å²) in [4.78, 5) is 24.5. The zero-order valence-electron chi connectivity index (χ0n) is 13.7. The van der Waals surface area contributed by atoms with E-state index >= 15 is 0 Å². The van der Waals surface area contributed by atoms with Crippen molar-refractivity contribution in [3.63, 3.8) is 0 Å². The largest absolute Gasteiger partial charge is 0.457 e. The number of carbonyl (C=O) groups excluding carboxylic acids is 2. The highest BCUT2D eigenvalue weighted by molar-refractivity contribution is 5.94. The Balaban J connectivity index is 1.76. The Morgan fingerprint density at radius 3 is 2.75 bits per heavy atom. The van der Waals surface area contributed by atoms with E-state index in [4.69, 9.17) is 4.74 Å². The van der Waals surface area contributed by atoms with Crippen molar-refractivity contribution in [2.45, 2.75) is 38.8 Å². The summed E-state index contributed by atoms with van der Waals surface area (Å²) in [6.07, 6.45) is 7.03. The van der Waals surface area contributed by atoms with Crippen LogP contribution in [0.15, 0.2) is 53.8 Å². The molecule has 0 unspecified atom stereocenters. The predicted octanol–water partition coefficient (Wildman–Crippen LogP) is 3.04. The third kappa shape index (κ3) is 3.67. The van der Waals surface area contributed by atoms with Gasteiger partial charge in [-0.15, -0.1) is 0 Å². The van der Waals surface area contributed by atoms with Gasteiger partial charge in [-0.05, 0) is 37.7 Å². The number of hydrogen-bond acceptors (Lipinski definition) is 3. The molecule has 0 radical (unpaired) electrons. The van der Waals surface area contributed by atoms with Gasteiger partial charge in [-0.2, -0.15) is 0 Å². The number of hydrogen-bond donors (Lipinski definition) is 2. The first kappa shape index (κ1) is 16.3. The van der Waals surface area contributed by atoms with Gasteiger partial charge in [0.2, 0.25) is 0 Å². The van der Waals surface area contributed by atoms with Crippen molar-refractivity contribution in [1.82, 2.24) is 10.6 Å². The van der Waals surface area contributed by atoms with E-state index in [-0.39, 0.29) is 30.6 Å². The molecule has 1 aliphatic heterocycles. The molecule has 5 heteroatoms. The number of benzene rings is 1. The normalized spacial score (nSPS) is 23.5. The molecule has 5 nitrogen and oxygen atoms in total. The van der Waals surface area contributed by atoms with Crippen LogP contribution in [0.25, 0.3) is 0 Å². The lowest BCUT2D eigenvalue weighted by Gasteiger charge is -2.34. The van der Waals surface area contributed by atoms with E-state index in [0.717, 1.165) is 24.8 Å². The van der Waals surface area contributed by atoms with Gasteiger partial charge in [0.15, 0.2) is 0 Å². The molecule has 0 saturated carbocycles. The molecule has 2 N–H and O–H groups in total. The Morgan fingerprint density at radius 2 is 2.04 bits per heavy atom. The molecule has 2 atom stereocenters. The van der Waals surface area contributed by atoms with Crippen LogP contribution in [-0.2, 0) is 16.1 Å². The topological polar surface area (TPSA) is 67.4 Å². The molecule has 24 heavy (non-hydrogen) atoms. The molecule has 3 rings (SSSR count). The van der Waals surface area contributed by atoms with Crippen LogP contribution >= 0.6 is 0 Å². The maximum Gasteiger partial charge on any atom is 0.338 e. The number of rotatable bonds is 4. The Hall–Kier alpha value is -2.56. The van der Waals surface area contributed by atoms with Gasteiger partial charge in [0.05, 0.1) is 11.6 Å². The third-order valence-corrected chi connectivity index (χ3v) is 4.52. The Kier molecular flexibility index (Phi) is 4.99. The molecular weight excluding hydrogens is 304 g/mol. The zero-order valence-corrected chi connectivity index (χ0v) is 13.7. The minimum absolute atomic E-state index is 0.218. The smallest absolute Gasteiger partial charge is 0.338 e. The van der Waals surface area contributed by atoms with Crippen LogP contribution in [0.1, 0.15) is 31.7 Å². The van der Waals surface area contributed by atoms with E-state index in [0.29, 0.717) is 11.3 Å². The van der Waals surface area contributed by atoms with Crippen molar-refractivity contribution in [2.75, 3.05) is 0 Å². The zero-order chi connectivity index (χ0) is 16.9. The summed E-state index contributed by atoms with van der Waals surface area (Å²) in [5, 5.41) is 5.59. The van der Waals surface area contributed by atoms with Gasteiger partial charge in [-0.3, -0.25) is 0 Å². The maximum atomic E-state index is 12.7. The number of allylic oxidation sites excluding steroid dienone is 3. The van der Waals surface area contributed by atoms with Crippen LogP contribution in [-0.4, -0.2) is 18.0 Å². The highest BCUT2D eigenvalue weighted by Crippen LogP contribution is 2.29.